The van der Waals surface area contributed by atoms with Gasteiger partial charge in [0, 0.05) is 22.3 Å². The number of rotatable bonds is 1. The van der Waals surface area contributed by atoms with Crippen molar-refractivity contribution < 1.29 is 13.2 Å². The van der Waals surface area contributed by atoms with E-state index in [-0.39, 0.29) is 28.7 Å². The number of carbonyl (C=O) groups excluding carboxylic acids is 1. The van der Waals surface area contributed by atoms with Crippen molar-refractivity contribution in [3.05, 3.63) is 27.7 Å². The zero-order valence-electron chi connectivity index (χ0n) is 13.0. The normalized spacial score (nSPS) is 27.5. The number of anilines is 1. The number of aryl methyl sites for hydroxylation is 2. The fourth-order valence-corrected chi connectivity index (χ4v) is 7.87. The predicted molar refractivity (Wildman–Crippen MR) is 98.0 cm³/mol. The third-order valence-electron chi connectivity index (χ3n) is 4.02. The van der Waals surface area contributed by atoms with Crippen LogP contribution in [-0.2, 0) is 14.6 Å². The number of carbonyl (C=O) groups is 1. The second-order valence-corrected chi connectivity index (χ2v) is 10.2. The lowest BCUT2D eigenvalue weighted by molar-refractivity contribution is -0.115. The number of hydrogen-bond acceptors (Lipinski definition) is 4. The van der Waals surface area contributed by atoms with Crippen molar-refractivity contribution in [2.75, 3.05) is 16.4 Å². The first kappa shape index (κ1) is 17.0. The molecule has 1 amide bonds. The Hall–Kier alpha value is -0.860. The Morgan fingerprint density at radius 2 is 1.91 bits per heavy atom. The summed E-state index contributed by atoms with van der Waals surface area (Å²) in [6, 6.07) is 3.83. The number of hydrogen-bond donors (Lipinski definition) is 0. The molecule has 23 heavy (non-hydrogen) atoms. The van der Waals surface area contributed by atoms with Gasteiger partial charge in [0.1, 0.15) is 0 Å². The highest BCUT2D eigenvalue weighted by atomic mass is 79.9. The van der Waals surface area contributed by atoms with Crippen LogP contribution >= 0.6 is 27.7 Å². The van der Waals surface area contributed by atoms with Gasteiger partial charge >= 0.3 is 0 Å². The zero-order valence-corrected chi connectivity index (χ0v) is 16.3. The third kappa shape index (κ3) is 3.21. The number of nitrogens with zero attached hydrogens (tertiary/aromatic N) is 2. The van der Waals surface area contributed by atoms with Crippen molar-refractivity contribution in [3.8, 4) is 0 Å². The van der Waals surface area contributed by atoms with Crippen molar-refractivity contribution in [1.82, 2.24) is 0 Å². The first-order chi connectivity index (χ1) is 10.7. The van der Waals surface area contributed by atoms with Crippen LogP contribution in [0.1, 0.15) is 18.1 Å². The third-order valence-corrected chi connectivity index (χ3v) is 7.68. The van der Waals surface area contributed by atoms with E-state index in [1.165, 1.54) is 18.7 Å². The molecule has 2 fully saturated rings. The van der Waals surface area contributed by atoms with Crippen molar-refractivity contribution in [1.29, 1.82) is 0 Å². The van der Waals surface area contributed by atoms with Crippen LogP contribution in [0.4, 0.5) is 5.69 Å². The minimum Gasteiger partial charge on any atom is -0.315 e. The van der Waals surface area contributed by atoms with E-state index in [4.69, 9.17) is 0 Å². The molecule has 0 radical (unpaired) electrons. The molecule has 0 aliphatic carbocycles. The molecule has 3 rings (SSSR count). The van der Waals surface area contributed by atoms with E-state index in [1.807, 2.05) is 30.9 Å². The molecule has 1 aromatic carbocycles. The second kappa shape index (κ2) is 5.89. The van der Waals surface area contributed by atoms with E-state index in [2.05, 4.69) is 20.9 Å². The number of amidine groups is 1. The Labute approximate surface area is 148 Å². The summed E-state index contributed by atoms with van der Waals surface area (Å²) in [6.07, 6.45) is 0. The van der Waals surface area contributed by atoms with Gasteiger partial charge in [-0.3, -0.25) is 4.79 Å². The Kier molecular flexibility index (Phi) is 4.35. The summed E-state index contributed by atoms with van der Waals surface area (Å²) in [7, 11) is -3.04. The molecule has 2 aliphatic heterocycles. The first-order valence-electron chi connectivity index (χ1n) is 7.20. The number of halogens is 1. The molecule has 0 N–H and O–H groups in total. The lowest BCUT2D eigenvalue weighted by Crippen LogP contribution is -2.38. The molecule has 0 saturated carbocycles. The fourth-order valence-electron chi connectivity index (χ4n) is 3.24. The van der Waals surface area contributed by atoms with E-state index in [0.717, 1.165) is 21.3 Å². The maximum atomic E-state index is 12.0. The topological polar surface area (TPSA) is 66.8 Å². The average Bonchev–Trinajstić information content (AvgIpc) is 2.81. The number of aliphatic imine (C=N–C) groups is 1. The summed E-state index contributed by atoms with van der Waals surface area (Å²) in [6.45, 7) is 5.39. The van der Waals surface area contributed by atoms with E-state index in [0.29, 0.717) is 5.17 Å². The van der Waals surface area contributed by atoms with Crippen LogP contribution in [0, 0.1) is 13.8 Å². The van der Waals surface area contributed by atoms with Gasteiger partial charge in [0.15, 0.2) is 15.0 Å². The van der Waals surface area contributed by atoms with E-state index < -0.39 is 9.84 Å². The number of thioether (sulfide) groups is 1. The minimum atomic E-state index is -3.04. The van der Waals surface area contributed by atoms with Gasteiger partial charge < -0.3 is 4.90 Å². The smallest absolute Gasteiger partial charge is 0.244 e. The summed E-state index contributed by atoms with van der Waals surface area (Å²) < 4.78 is 25.0. The van der Waals surface area contributed by atoms with E-state index in [1.54, 1.807) is 0 Å². The van der Waals surface area contributed by atoms with Gasteiger partial charge in [-0.25, -0.2) is 8.42 Å². The van der Waals surface area contributed by atoms with E-state index in [9.17, 15) is 13.2 Å². The Bertz CT molecular complexity index is 797. The standard InChI is InChI=1S/C15H17BrN2O3S2/c1-8-4-11(16)5-9(2)14(8)18-12-6-23(20,21)7-13(12)22-15(18)17-10(3)19/h4-5,12-13H,6-7H2,1-3H3/t12-,13-/m0/s1. The van der Waals surface area contributed by atoms with Crippen LogP contribution in [0.5, 0.6) is 0 Å². The molecular formula is C15H17BrN2O3S2. The Balaban J connectivity index is 2.14. The Morgan fingerprint density at radius 3 is 2.48 bits per heavy atom. The van der Waals surface area contributed by atoms with Crippen molar-refractivity contribution in [2.24, 2.45) is 4.99 Å². The molecule has 2 atom stereocenters. The lowest BCUT2D eigenvalue weighted by Gasteiger charge is -2.28. The van der Waals surface area contributed by atoms with Gasteiger partial charge in [-0.2, -0.15) is 4.99 Å². The van der Waals surface area contributed by atoms with Crippen molar-refractivity contribution >= 4 is 54.3 Å². The molecule has 5 nitrogen and oxygen atoms in total. The lowest BCUT2D eigenvalue weighted by atomic mass is 10.1. The summed E-state index contributed by atoms with van der Waals surface area (Å²) in [5, 5.41) is 0.538. The highest BCUT2D eigenvalue weighted by Gasteiger charge is 2.49. The molecule has 0 aromatic heterocycles. The first-order valence-corrected chi connectivity index (χ1v) is 10.7. The predicted octanol–water partition coefficient (Wildman–Crippen LogP) is 2.69. The number of fused-ring (bicyclic) bond motifs is 1. The quantitative estimate of drug-likeness (QED) is 0.703. The number of benzene rings is 1. The number of amides is 1. The summed E-state index contributed by atoms with van der Waals surface area (Å²) in [4.78, 5) is 17.6. The zero-order chi connectivity index (χ0) is 16.9. The monoisotopic (exact) mass is 416 g/mol. The van der Waals surface area contributed by atoms with Crippen LogP contribution in [-0.4, -0.2) is 42.3 Å². The molecule has 8 heteroatoms. The maximum absolute atomic E-state index is 12.0. The van der Waals surface area contributed by atoms with Crippen LogP contribution < -0.4 is 4.90 Å². The minimum absolute atomic E-state index is 0.0689. The molecule has 1 aromatic rings. The molecule has 0 spiro atoms. The molecule has 124 valence electrons. The van der Waals surface area contributed by atoms with Gasteiger partial charge in [0.25, 0.3) is 0 Å². The molecule has 2 heterocycles. The van der Waals surface area contributed by atoms with Crippen LogP contribution in [0.3, 0.4) is 0 Å². The van der Waals surface area contributed by atoms with Gasteiger partial charge in [0.2, 0.25) is 5.91 Å². The summed E-state index contributed by atoms with van der Waals surface area (Å²) in [5.74, 6) is -0.0197. The fraction of sp³-hybridized carbons (Fsp3) is 0.467. The largest absolute Gasteiger partial charge is 0.315 e. The van der Waals surface area contributed by atoms with Gasteiger partial charge in [-0.15, -0.1) is 0 Å². The van der Waals surface area contributed by atoms with Crippen LogP contribution in [0.25, 0.3) is 0 Å². The molecule has 0 unspecified atom stereocenters. The van der Waals surface area contributed by atoms with Gasteiger partial charge in [-0.05, 0) is 37.1 Å². The average molecular weight is 417 g/mol. The number of sulfone groups is 1. The second-order valence-electron chi connectivity index (χ2n) is 5.97. The molecule has 2 aliphatic rings. The van der Waals surface area contributed by atoms with Crippen molar-refractivity contribution in [3.63, 3.8) is 0 Å². The molecular weight excluding hydrogens is 400 g/mol. The van der Waals surface area contributed by atoms with E-state index >= 15 is 0 Å². The van der Waals surface area contributed by atoms with Gasteiger partial charge in [-0.1, -0.05) is 27.7 Å². The highest BCUT2D eigenvalue weighted by Crippen LogP contribution is 2.43. The van der Waals surface area contributed by atoms with Crippen molar-refractivity contribution in [2.45, 2.75) is 32.1 Å². The molecule has 0 bridgehead atoms. The van der Waals surface area contributed by atoms with Crippen LogP contribution in [0.15, 0.2) is 21.6 Å². The van der Waals surface area contributed by atoms with Gasteiger partial charge in [0.05, 0.1) is 17.5 Å². The SMILES string of the molecule is CC(=O)N=C1S[C@H]2CS(=O)(=O)C[C@@H]2N1c1c(C)cc(Br)cc1C. The Morgan fingerprint density at radius 1 is 1.30 bits per heavy atom. The maximum Gasteiger partial charge on any atom is 0.244 e. The summed E-state index contributed by atoms with van der Waals surface area (Å²) in [5.41, 5.74) is 3.00. The molecule has 2 saturated heterocycles. The summed E-state index contributed by atoms with van der Waals surface area (Å²) >= 11 is 4.88. The highest BCUT2D eigenvalue weighted by molar-refractivity contribution is 9.10. The van der Waals surface area contributed by atoms with Crippen LogP contribution in [0.2, 0.25) is 0 Å².